The zero-order valence-corrected chi connectivity index (χ0v) is 20.6. The van der Waals surface area contributed by atoms with E-state index in [0.29, 0.717) is 31.5 Å². The lowest BCUT2D eigenvalue weighted by Gasteiger charge is -2.54. The van der Waals surface area contributed by atoms with Gasteiger partial charge in [-0.15, -0.1) is 0 Å². The summed E-state index contributed by atoms with van der Waals surface area (Å²) in [5.74, 6) is -3.65. The van der Waals surface area contributed by atoms with Crippen LogP contribution in [0.3, 0.4) is 0 Å². The molecular formula is C27H36F2N4O2. The van der Waals surface area contributed by atoms with Crippen LogP contribution in [0.1, 0.15) is 57.4 Å². The first-order valence-electron chi connectivity index (χ1n) is 12.8. The topological polar surface area (TPSA) is 76.4 Å². The first-order chi connectivity index (χ1) is 16.7. The van der Waals surface area contributed by atoms with Crippen molar-refractivity contribution in [3.8, 4) is 6.07 Å². The summed E-state index contributed by atoms with van der Waals surface area (Å²) in [6.07, 6.45) is 2.74. The van der Waals surface area contributed by atoms with Crippen LogP contribution in [-0.4, -0.2) is 66.3 Å². The van der Waals surface area contributed by atoms with Gasteiger partial charge >= 0.3 is 6.03 Å². The summed E-state index contributed by atoms with van der Waals surface area (Å²) in [5, 5.41) is 12.0. The van der Waals surface area contributed by atoms with Gasteiger partial charge in [-0.2, -0.15) is 5.26 Å². The van der Waals surface area contributed by atoms with Crippen molar-refractivity contribution in [2.75, 3.05) is 32.7 Å². The molecular weight excluding hydrogens is 450 g/mol. The molecule has 8 heteroatoms. The van der Waals surface area contributed by atoms with Crippen molar-refractivity contribution in [1.82, 2.24) is 15.1 Å². The van der Waals surface area contributed by atoms with Gasteiger partial charge in [0, 0.05) is 45.4 Å². The quantitative estimate of drug-likeness (QED) is 0.532. The van der Waals surface area contributed by atoms with Gasteiger partial charge in [-0.05, 0) is 49.6 Å². The lowest BCUT2D eigenvalue weighted by Crippen LogP contribution is -2.61. The molecule has 3 fully saturated rings. The van der Waals surface area contributed by atoms with E-state index in [-0.39, 0.29) is 11.8 Å². The van der Waals surface area contributed by atoms with E-state index in [9.17, 15) is 14.9 Å². The number of hydrogen-bond donors (Lipinski definition) is 1. The van der Waals surface area contributed by atoms with Gasteiger partial charge in [0.25, 0.3) is 5.92 Å². The maximum atomic E-state index is 15.0. The number of carbonyl (C=O) groups excluding carboxylic acids is 2. The van der Waals surface area contributed by atoms with Crippen LogP contribution in [0.15, 0.2) is 30.3 Å². The number of piperidine rings is 1. The molecule has 1 aromatic carbocycles. The van der Waals surface area contributed by atoms with E-state index in [4.69, 9.17) is 0 Å². The van der Waals surface area contributed by atoms with Gasteiger partial charge < -0.3 is 15.1 Å². The number of halogens is 2. The standard InChI is InChI=1S/C27H36F2N4O2/c1-2-12-32-19-26(20-32)10-13-33(14-11-26)24(35)31-22(23(34)17-25(18-30)8-9-25)16-27(28,29)15-21-6-4-3-5-7-21/h3-7,22H,2,8-17,19-20H2,1H3,(H,31,35)/t22-/m0/s1. The minimum Gasteiger partial charge on any atom is -0.328 e. The minimum absolute atomic E-state index is 0.0910. The van der Waals surface area contributed by atoms with E-state index < -0.39 is 42.0 Å². The van der Waals surface area contributed by atoms with Crippen LogP contribution in [0.2, 0.25) is 0 Å². The molecule has 2 heterocycles. The number of alkyl halides is 2. The summed E-state index contributed by atoms with van der Waals surface area (Å²) >= 11 is 0. The summed E-state index contributed by atoms with van der Waals surface area (Å²) < 4.78 is 30.0. The molecule has 35 heavy (non-hydrogen) atoms. The third-order valence-corrected chi connectivity index (χ3v) is 7.87. The number of nitrogens with one attached hydrogen (secondary N) is 1. The molecule has 2 aliphatic heterocycles. The van der Waals surface area contributed by atoms with E-state index in [1.807, 2.05) is 0 Å². The molecule has 0 bridgehead atoms. The highest BCUT2D eigenvalue weighted by atomic mass is 19.3. The highest BCUT2D eigenvalue weighted by molar-refractivity contribution is 5.89. The van der Waals surface area contributed by atoms with Crippen LogP contribution in [-0.2, 0) is 11.2 Å². The molecule has 0 unspecified atom stereocenters. The molecule has 0 aromatic heterocycles. The number of amides is 2. The maximum absolute atomic E-state index is 15.0. The second-order valence-electron chi connectivity index (χ2n) is 11.0. The summed E-state index contributed by atoms with van der Waals surface area (Å²) in [6.45, 7) is 6.50. The Morgan fingerprint density at radius 2 is 1.80 bits per heavy atom. The number of hydrogen-bond acceptors (Lipinski definition) is 4. The zero-order valence-electron chi connectivity index (χ0n) is 20.6. The fraction of sp³-hybridized carbons (Fsp3) is 0.667. The molecule has 2 saturated heterocycles. The predicted octanol–water partition coefficient (Wildman–Crippen LogP) is 4.40. The molecule has 1 aromatic rings. The maximum Gasteiger partial charge on any atom is 0.317 e. The van der Waals surface area contributed by atoms with E-state index in [1.54, 1.807) is 35.2 Å². The van der Waals surface area contributed by atoms with Crippen molar-refractivity contribution in [2.24, 2.45) is 10.8 Å². The molecule has 1 spiro atoms. The van der Waals surface area contributed by atoms with Gasteiger partial charge in [-0.1, -0.05) is 37.3 Å². The van der Waals surface area contributed by atoms with Gasteiger partial charge in [-0.3, -0.25) is 4.79 Å². The number of nitrogens with zero attached hydrogens (tertiary/aromatic N) is 3. The number of carbonyl (C=O) groups is 2. The van der Waals surface area contributed by atoms with E-state index in [2.05, 4.69) is 23.2 Å². The Morgan fingerprint density at radius 1 is 1.14 bits per heavy atom. The molecule has 4 rings (SSSR count). The molecule has 2 amide bonds. The number of urea groups is 1. The molecule has 1 N–H and O–H groups in total. The minimum atomic E-state index is -3.17. The average Bonchev–Trinajstić information content (AvgIpc) is 3.58. The third kappa shape index (κ3) is 6.38. The summed E-state index contributed by atoms with van der Waals surface area (Å²) in [5.41, 5.74) is -0.0136. The lowest BCUT2D eigenvalue weighted by atomic mass is 9.72. The van der Waals surface area contributed by atoms with Gasteiger partial charge in [0.05, 0.1) is 17.5 Å². The molecule has 0 radical (unpaired) electrons. The van der Waals surface area contributed by atoms with Crippen molar-refractivity contribution >= 4 is 11.8 Å². The fourth-order valence-electron chi connectivity index (χ4n) is 5.56. The molecule has 190 valence electrons. The molecule has 1 aliphatic carbocycles. The summed E-state index contributed by atoms with van der Waals surface area (Å²) in [6, 6.07) is 8.81. The predicted molar refractivity (Wildman–Crippen MR) is 129 cm³/mol. The normalized spacial score (nSPS) is 21.6. The molecule has 1 atom stereocenters. The average molecular weight is 487 g/mol. The Hall–Kier alpha value is -2.53. The second-order valence-corrected chi connectivity index (χ2v) is 11.0. The SMILES string of the molecule is CCCN1CC2(CCN(C(=O)N[C@@H](CC(F)(F)Cc3ccccc3)C(=O)CC3(C#N)CC3)CC2)C1. The Morgan fingerprint density at radius 3 is 2.37 bits per heavy atom. The van der Waals surface area contributed by atoms with Crippen LogP contribution in [0.5, 0.6) is 0 Å². The first-order valence-corrected chi connectivity index (χ1v) is 12.8. The van der Waals surface area contributed by atoms with Crippen LogP contribution >= 0.6 is 0 Å². The Labute approximate surface area is 206 Å². The highest BCUT2D eigenvalue weighted by Crippen LogP contribution is 2.48. The Balaban J connectivity index is 1.37. The van der Waals surface area contributed by atoms with Gasteiger partial charge in [0.1, 0.15) is 0 Å². The summed E-state index contributed by atoms with van der Waals surface area (Å²) in [7, 11) is 0. The number of likely N-dealkylation sites (tertiary alicyclic amines) is 2. The smallest absolute Gasteiger partial charge is 0.317 e. The van der Waals surface area contributed by atoms with Crippen LogP contribution in [0, 0.1) is 22.2 Å². The lowest BCUT2D eigenvalue weighted by molar-refractivity contribution is -0.124. The number of nitriles is 1. The Kier molecular flexibility index (Phi) is 7.46. The van der Waals surface area contributed by atoms with Crippen molar-refractivity contribution in [2.45, 2.75) is 70.3 Å². The van der Waals surface area contributed by atoms with Gasteiger partial charge in [0.2, 0.25) is 0 Å². The third-order valence-electron chi connectivity index (χ3n) is 7.87. The monoisotopic (exact) mass is 486 g/mol. The van der Waals surface area contributed by atoms with Crippen molar-refractivity contribution in [3.05, 3.63) is 35.9 Å². The van der Waals surface area contributed by atoms with Crippen molar-refractivity contribution in [3.63, 3.8) is 0 Å². The molecule has 1 saturated carbocycles. The van der Waals surface area contributed by atoms with Crippen LogP contribution in [0.4, 0.5) is 13.6 Å². The zero-order chi connectivity index (χ0) is 25.1. The van der Waals surface area contributed by atoms with Crippen molar-refractivity contribution < 1.29 is 18.4 Å². The van der Waals surface area contributed by atoms with Crippen molar-refractivity contribution in [1.29, 1.82) is 5.26 Å². The number of rotatable bonds is 10. The Bertz CT molecular complexity index is 942. The molecule has 3 aliphatic rings. The number of Topliss-reactive ketones (excluding diaryl/α,β-unsaturated/α-hetero) is 1. The van der Waals surface area contributed by atoms with Crippen LogP contribution < -0.4 is 5.32 Å². The van der Waals surface area contributed by atoms with E-state index >= 15 is 8.78 Å². The van der Waals surface area contributed by atoms with Gasteiger partial charge in [-0.25, -0.2) is 13.6 Å². The number of ketones is 1. The van der Waals surface area contributed by atoms with E-state index in [0.717, 1.165) is 38.9 Å². The van der Waals surface area contributed by atoms with Gasteiger partial charge in [0.15, 0.2) is 5.78 Å². The van der Waals surface area contributed by atoms with E-state index in [1.165, 1.54) is 0 Å². The fourth-order valence-corrected chi connectivity index (χ4v) is 5.56. The first kappa shape index (κ1) is 25.6. The van der Waals surface area contributed by atoms with Crippen LogP contribution in [0.25, 0.3) is 0 Å². The molecule has 6 nitrogen and oxygen atoms in total. The highest BCUT2D eigenvalue weighted by Gasteiger charge is 2.48. The largest absolute Gasteiger partial charge is 0.328 e. The summed E-state index contributed by atoms with van der Waals surface area (Å²) in [4.78, 5) is 30.2. The second kappa shape index (κ2) is 10.2. The number of benzene rings is 1.